The lowest BCUT2D eigenvalue weighted by atomic mass is 9.96. The summed E-state index contributed by atoms with van der Waals surface area (Å²) in [5, 5.41) is 0. The normalized spacial score (nSPS) is 16.6. The van der Waals surface area contributed by atoms with Crippen LogP contribution in [0.2, 0.25) is 0 Å². The fourth-order valence-electron chi connectivity index (χ4n) is 3.19. The lowest BCUT2D eigenvalue weighted by Gasteiger charge is -2.20. The van der Waals surface area contributed by atoms with Crippen LogP contribution in [0.3, 0.4) is 0 Å². The number of amidine groups is 1. The summed E-state index contributed by atoms with van der Waals surface area (Å²) in [6.07, 6.45) is 5.58. The van der Waals surface area contributed by atoms with Gasteiger partial charge in [0.1, 0.15) is 5.84 Å². The maximum Gasteiger partial charge on any atom is 0.263 e. The van der Waals surface area contributed by atoms with Gasteiger partial charge in [-0.1, -0.05) is 67.8 Å². The van der Waals surface area contributed by atoms with Crippen molar-refractivity contribution in [3.63, 3.8) is 0 Å². The molecule has 0 bridgehead atoms. The number of rotatable bonds is 4. The quantitative estimate of drug-likeness (QED) is 0.663. The van der Waals surface area contributed by atoms with Crippen LogP contribution in [-0.4, -0.2) is 20.3 Å². The number of aryl methyl sites for hydroxylation is 1. The van der Waals surface area contributed by atoms with E-state index in [1.54, 1.807) is 25.1 Å². The summed E-state index contributed by atoms with van der Waals surface area (Å²) in [4.78, 5) is 5.07. The second-order valence-electron chi connectivity index (χ2n) is 6.51. The highest BCUT2D eigenvalue weighted by atomic mass is 32.2. The fourth-order valence-corrected chi connectivity index (χ4v) is 4.47. The predicted octanol–water partition coefficient (Wildman–Crippen LogP) is 4.05. The number of benzene rings is 2. The monoisotopic (exact) mass is 356 g/mol. The Morgan fingerprint density at radius 2 is 1.60 bits per heavy atom. The highest BCUT2D eigenvalue weighted by Crippen LogP contribution is 2.21. The zero-order chi connectivity index (χ0) is 17.7. The van der Waals surface area contributed by atoms with Crippen LogP contribution in [0.15, 0.2) is 64.5 Å². The lowest BCUT2D eigenvalue weighted by molar-refractivity contribution is 0.443. The van der Waals surface area contributed by atoms with Gasteiger partial charge in [0, 0.05) is 5.56 Å². The van der Waals surface area contributed by atoms with E-state index >= 15 is 0 Å². The molecule has 132 valence electrons. The number of nitrogens with zero attached hydrogens (tertiary/aromatic N) is 1. The van der Waals surface area contributed by atoms with Crippen molar-refractivity contribution < 1.29 is 8.42 Å². The van der Waals surface area contributed by atoms with Gasteiger partial charge in [-0.15, -0.1) is 0 Å². The third kappa shape index (κ3) is 4.48. The first-order chi connectivity index (χ1) is 12.1. The van der Waals surface area contributed by atoms with Crippen LogP contribution < -0.4 is 4.72 Å². The Balaban J connectivity index is 1.95. The molecule has 0 heterocycles. The maximum absolute atomic E-state index is 12.9. The molecule has 2 aromatic rings. The Bertz CT molecular complexity index is 839. The van der Waals surface area contributed by atoms with E-state index in [9.17, 15) is 8.42 Å². The predicted molar refractivity (Wildman–Crippen MR) is 101 cm³/mol. The molecule has 1 aliphatic carbocycles. The molecule has 2 aromatic carbocycles. The summed E-state index contributed by atoms with van der Waals surface area (Å²) in [7, 11) is -3.67. The molecule has 1 N–H and O–H groups in total. The molecule has 0 aliphatic heterocycles. The van der Waals surface area contributed by atoms with E-state index in [4.69, 9.17) is 4.99 Å². The van der Waals surface area contributed by atoms with Crippen molar-refractivity contribution in [1.82, 2.24) is 4.72 Å². The summed E-state index contributed by atoms with van der Waals surface area (Å²) in [6, 6.07) is 16.7. The van der Waals surface area contributed by atoms with Crippen molar-refractivity contribution in [1.29, 1.82) is 0 Å². The first-order valence-corrected chi connectivity index (χ1v) is 10.3. The topological polar surface area (TPSA) is 58.5 Å². The number of nitrogens with one attached hydrogen (secondary N) is 1. The molecule has 1 fully saturated rings. The van der Waals surface area contributed by atoms with Crippen LogP contribution in [-0.2, 0) is 10.0 Å². The van der Waals surface area contributed by atoms with E-state index in [1.165, 1.54) is 6.42 Å². The molecule has 3 rings (SSSR count). The van der Waals surface area contributed by atoms with E-state index in [0.717, 1.165) is 36.8 Å². The third-order valence-electron chi connectivity index (χ3n) is 4.55. The highest BCUT2D eigenvalue weighted by Gasteiger charge is 2.21. The van der Waals surface area contributed by atoms with E-state index in [1.807, 2.05) is 36.4 Å². The van der Waals surface area contributed by atoms with Crippen molar-refractivity contribution in [2.24, 2.45) is 4.99 Å². The molecule has 0 unspecified atom stereocenters. The van der Waals surface area contributed by atoms with Crippen molar-refractivity contribution in [2.45, 2.75) is 50.0 Å². The van der Waals surface area contributed by atoms with E-state index < -0.39 is 10.0 Å². The number of hydrogen-bond donors (Lipinski definition) is 1. The van der Waals surface area contributed by atoms with Crippen molar-refractivity contribution in [3.8, 4) is 0 Å². The van der Waals surface area contributed by atoms with Crippen molar-refractivity contribution >= 4 is 15.9 Å². The first kappa shape index (κ1) is 17.7. The Kier molecular flexibility index (Phi) is 5.53. The maximum atomic E-state index is 12.9. The van der Waals surface area contributed by atoms with Gasteiger partial charge in [-0.05, 0) is 31.4 Å². The first-order valence-electron chi connectivity index (χ1n) is 8.78. The SMILES string of the molecule is Cc1ccccc1S(=O)(=O)NC(=NC1CCCCC1)c1ccccc1. The fraction of sp³-hybridized carbons (Fsp3) is 0.350. The molecule has 0 aromatic heterocycles. The molecular weight excluding hydrogens is 332 g/mol. The molecule has 0 radical (unpaired) electrons. The smallest absolute Gasteiger partial charge is 0.263 e. The summed E-state index contributed by atoms with van der Waals surface area (Å²) < 4.78 is 28.5. The van der Waals surface area contributed by atoms with Gasteiger partial charge in [-0.2, -0.15) is 0 Å². The minimum Gasteiger partial charge on any atom is -0.264 e. The van der Waals surface area contributed by atoms with Crippen LogP contribution >= 0.6 is 0 Å². The van der Waals surface area contributed by atoms with Gasteiger partial charge >= 0.3 is 0 Å². The molecule has 25 heavy (non-hydrogen) atoms. The van der Waals surface area contributed by atoms with Crippen molar-refractivity contribution in [2.75, 3.05) is 0 Å². The average Bonchev–Trinajstić information content (AvgIpc) is 2.63. The summed E-state index contributed by atoms with van der Waals surface area (Å²) in [5.74, 6) is 0.441. The number of hydrogen-bond acceptors (Lipinski definition) is 3. The standard InChI is InChI=1S/C20H24N2O2S/c1-16-10-8-9-15-19(16)25(23,24)22-20(17-11-4-2-5-12-17)21-18-13-6-3-7-14-18/h2,4-5,8-12,15,18H,3,6-7,13-14H2,1H3,(H,21,22). The van der Waals surface area contributed by atoms with E-state index in [2.05, 4.69) is 4.72 Å². The molecular formula is C20H24N2O2S. The van der Waals surface area contributed by atoms with Gasteiger partial charge in [0.05, 0.1) is 10.9 Å². The molecule has 0 saturated heterocycles. The highest BCUT2D eigenvalue weighted by molar-refractivity contribution is 7.90. The third-order valence-corrected chi connectivity index (χ3v) is 6.05. The molecule has 0 amide bonds. The molecule has 0 spiro atoms. The zero-order valence-electron chi connectivity index (χ0n) is 14.5. The Morgan fingerprint density at radius 3 is 2.28 bits per heavy atom. The van der Waals surface area contributed by atoms with E-state index in [-0.39, 0.29) is 6.04 Å². The lowest BCUT2D eigenvalue weighted by Crippen LogP contribution is -2.33. The second-order valence-corrected chi connectivity index (χ2v) is 8.16. The Labute approximate surface area is 150 Å². The van der Waals surface area contributed by atoms with Crippen LogP contribution in [0.25, 0.3) is 0 Å². The molecule has 4 nitrogen and oxygen atoms in total. The number of aliphatic imine (C=N–C) groups is 1. The van der Waals surface area contributed by atoms with Gasteiger partial charge in [-0.3, -0.25) is 9.71 Å². The van der Waals surface area contributed by atoms with Gasteiger partial charge in [0.25, 0.3) is 10.0 Å². The van der Waals surface area contributed by atoms with Gasteiger partial charge < -0.3 is 0 Å². The minimum atomic E-state index is -3.67. The number of sulfonamides is 1. The van der Waals surface area contributed by atoms with Gasteiger partial charge in [0.2, 0.25) is 0 Å². The Morgan fingerprint density at radius 1 is 0.960 bits per heavy atom. The second kappa shape index (κ2) is 7.83. The largest absolute Gasteiger partial charge is 0.264 e. The van der Waals surface area contributed by atoms with Gasteiger partial charge in [0.15, 0.2) is 0 Å². The minimum absolute atomic E-state index is 0.184. The summed E-state index contributed by atoms with van der Waals surface area (Å²) in [6.45, 7) is 1.80. The summed E-state index contributed by atoms with van der Waals surface area (Å²) in [5.41, 5.74) is 1.52. The van der Waals surface area contributed by atoms with Crippen LogP contribution in [0.4, 0.5) is 0 Å². The van der Waals surface area contributed by atoms with Crippen molar-refractivity contribution in [3.05, 3.63) is 65.7 Å². The molecule has 1 saturated carbocycles. The molecule has 0 atom stereocenters. The van der Waals surface area contributed by atoms with Crippen LogP contribution in [0, 0.1) is 6.92 Å². The zero-order valence-corrected chi connectivity index (χ0v) is 15.3. The van der Waals surface area contributed by atoms with Crippen LogP contribution in [0.1, 0.15) is 43.2 Å². The molecule has 1 aliphatic rings. The van der Waals surface area contributed by atoms with Crippen LogP contribution in [0.5, 0.6) is 0 Å². The average molecular weight is 356 g/mol. The molecule has 5 heteroatoms. The summed E-state index contributed by atoms with van der Waals surface area (Å²) >= 11 is 0. The van der Waals surface area contributed by atoms with Gasteiger partial charge in [-0.25, -0.2) is 8.42 Å². The Hall–Kier alpha value is -2.14. The van der Waals surface area contributed by atoms with E-state index in [0.29, 0.717) is 10.7 Å².